The van der Waals surface area contributed by atoms with Gasteiger partial charge >= 0.3 is 5.97 Å². The third-order valence-corrected chi connectivity index (χ3v) is 3.57. The fraction of sp³-hybridized carbons (Fsp3) is 0.250. The molecule has 8 heteroatoms. The van der Waals surface area contributed by atoms with E-state index in [1.54, 1.807) is 12.1 Å². The Labute approximate surface area is 115 Å². The Morgan fingerprint density at radius 1 is 1.15 bits per heavy atom. The number of hydrogen-bond donors (Lipinski definition) is 0. The molecule has 0 N–H and O–H groups in total. The van der Waals surface area contributed by atoms with Crippen molar-refractivity contribution >= 4 is 27.6 Å². The second kappa shape index (κ2) is 5.04. The minimum Gasteiger partial charge on any atom is -0.330 e. The minimum atomic E-state index is -3.32. The Morgan fingerprint density at radius 2 is 1.65 bits per heavy atom. The molecule has 0 bridgehead atoms. The van der Waals surface area contributed by atoms with E-state index in [0.29, 0.717) is 5.06 Å². The van der Waals surface area contributed by atoms with Crippen molar-refractivity contribution in [3.8, 4) is 0 Å². The Bertz CT molecular complexity index is 659. The summed E-state index contributed by atoms with van der Waals surface area (Å²) in [5, 5.41) is 0.356. The summed E-state index contributed by atoms with van der Waals surface area (Å²) in [5.74, 6) is -2.84. The molecule has 2 amide bonds. The van der Waals surface area contributed by atoms with Gasteiger partial charge < -0.3 is 4.84 Å². The predicted octanol–water partition coefficient (Wildman–Crippen LogP) is 0.175. The van der Waals surface area contributed by atoms with Crippen LogP contribution in [-0.2, 0) is 19.5 Å². The van der Waals surface area contributed by atoms with Crippen molar-refractivity contribution in [1.29, 1.82) is 0 Å². The molecular formula is C12H11NO6S. The number of hydrogen-bond acceptors (Lipinski definition) is 6. The lowest BCUT2D eigenvalue weighted by Crippen LogP contribution is -2.33. The van der Waals surface area contributed by atoms with Gasteiger partial charge in [-0.25, -0.2) is 13.2 Å². The van der Waals surface area contributed by atoms with Crippen molar-refractivity contribution < 1.29 is 27.6 Å². The molecule has 1 aromatic rings. The van der Waals surface area contributed by atoms with Gasteiger partial charge in [0.05, 0.1) is 23.3 Å². The lowest BCUT2D eigenvalue weighted by Gasteiger charge is -2.12. The molecule has 0 aliphatic carbocycles. The SMILES string of the molecule is CS(=O)(=O)CCC(=O)ON1C(=O)c2ccccc2C1=O. The van der Waals surface area contributed by atoms with E-state index < -0.39 is 39.8 Å². The lowest BCUT2D eigenvalue weighted by atomic mass is 10.1. The summed E-state index contributed by atoms with van der Waals surface area (Å²) in [5.41, 5.74) is 0.293. The molecule has 0 fully saturated rings. The third-order valence-electron chi connectivity index (χ3n) is 2.63. The molecule has 0 radical (unpaired) electrons. The molecule has 0 atom stereocenters. The number of carbonyl (C=O) groups excluding carboxylic acids is 3. The molecule has 0 unspecified atom stereocenters. The molecule has 106 valence electrons. The van der Waals surface area contributed by atoms with Gasteiger partial charge in [-0.1, -0.05) is 17.2 Å². The zero-order valence-electron chi connectivity index (χ0n) is 10.5. The van der Waals surface area contributed by atoms with Gasteiger partial charge in [-0.05, 0) is 12.1 Å². The number of imide groups is 1. The van der Waals surface area contributed by atoms with Crippen LogP contribution in [0.3, 0.4) is 0 Å². The number of carbonyl (C=O) groups is 3. The number of hydroxylamine groups is 2. The van der Waals surface area contributed by atoms with E-state index in [-0.39, 0.29) is 11.1 Å². The summed E-state index contributed by atoms with van der Waals surface area (Å²) in [6.45, 7) is 0. The van der Waals surface area contributed by atoms with Crippen LogP contribution in [0.1, 0.15) is 27.1 Å². The van der Waals surface area contributed by atoms with Crippen LogP contribution < -0.4 is 0 Å². The van der Waals surface area contributed by atoms with Crippen molar-refractivity contribution in [2.45, 2.75) is 6.42 Å². The molecule has 7 nitrogen and oxygen atoms in total. The number of fused-ring (bicyclic) bond motifs is 1. The number of sulfone groups is 1. The smallest absolute Gasteiger partial charge is 0.330 e. The first-order valence-corrected chi connectivity index (χ1v) is 7.72. The Kier molecular flexibility index (Phi) is 3.58. The van der Waals surface area contributed by atoms with Crippen LogP contribution in [0.25, 0.3) is 0 Å². The fourth-order valence-corrected chi connectivity index (χ4v) is 2.20. The summed E-state index contributed by atoms with van der Waals surface area (Å²) < 4.78 is 21.8. The van der Waals surface area contributed by atoms with Gasteiger partial charge in [0.25, 0.3) is 11.8 Å². The van der Waals surface area contributed by atoms with Gasteiger partial charge in [-0.3, -0.25) is 9.59 Å². The van der Waals surface area contributed by atoms with Crippen molar-refractivity contribution in [3.05, 3.63) is 35.4 Å². The van der Waals surface area contributed by atoms with Gasteiger partial charge in [0.2, 0.25) is 0 Å². The third kappa shape index (κ3) is 2.85. The van der Waals surface area contributed by atoms with Crippen LogP contribution in [0.2, 0.25) is 0 Å². The molecule has 0 saturated carbocycles. The van der Waals surface area contributed by atoms with Crippen LogP contribution in [0.5, 0.6) is 0 Å². The number of benzene rings is 1. The highest BCUT2D eigenvalue weighted by Crippen LogP contribution is 2.22. The first-order chi connectivity index (χ1) is 9.29. The topological polar surface area (TPSA) is 97.8 Å². The fourth-order valence-electron chi connectivity index (χ4n) is 1.67. The van der Waals surface area contributed by atoms with E-state index in [2.05, 4.69) is 4.84 Å². The van der Waals surface area contributed by atoms with E-state index in [1.807, 2.05) is 0 Å². The molecule has 1 aromatic carbocycles. The van der Waals surface area contributed by atoms with Gasteiger partial charge in [-0.15, -0.1) is 0 Å². The first kappa shape index (κ1) is 14.2. The molecule has 1 heterocycles. The van der Waals surface area contributed by atoms with Gasteiger partial charge in [-0.2, -0.15) is 0 Å². The highest BCUT2D eigenvalue weighted by molar-refractivity contribution is 7.90. The number of nitrogens with zero attached hydrogens (tertiary/aromatic N) is 1. The normalized spacial score (nSPS) is 14.3. The second-order valence-electron chi connectivity index (χ2n) is 4.29. The van der Waals surface area contributed by atoms with Crippen LogP contribution in [0.4, 0.5) is 0 Å². The summed E-state index contributed by atoms with van der Waals surface area (Å²) >= 11 is 0. The standard InChI is InChI=1S/C12H11NO6S/c1-20(17,18)7-6-10(14)19-13-11(15)8-4-2-3-5-9(8)12(13)16/h2-5H,6-7H2,1H3. The van der Waals surface area contributed by atoms with Crippen LogP contribution in [0.15, 0.2) is 24.3 Å². The summed E-state index contributed by atoms with van der Waals surface area (Å²) in [6, 6.07) is 6.05. The molecule has 0 aromatic heterocycles. The average molecular weight is 297 g/mol. The maximum atomic E-state index is 11.9. The summed E-state index contributed by atoms with van der Waals surface area (Å²) in [7, 11) is -3.32. The molecule has 0 saturated heterocycles. The lowest BCUT2D eigenvalue weighted by molar-refractivity contribution is -0.168. The summed E-state index contributed by atoms with van der Waals surface area (Å²) in [4.78, 5) is 39.8. The average Bonchev–Trinajstić information content (AvgIpc) is 2.62. The van der Waals surface area contributed by atoms with E-state index in [1.165, 1.54) is 12.1 Å². The van der Waals surface area contributed by atoms with E-state index in [9.17, 15) is 22.8 Å². The highest BCUT2D eigenvalue weighted by Gasteiger charge is 2.38. The Morgan fingerprint density at radius 3 is 2.10 bits per heavy atom. The number of rotatable bonds is 4. The van der Waals surface area contributed by atoms with Gasteiger partial charge in [0.1, 0.15) is 9.84 Å². The minimum absolute atomic E-state index is 0.147. The number of amides is 2. The Hall–Kier alpha value is -2.22. The van der Waals surface area contributed by atoms with Crippen molar-refractivity contribution in [1.82, 2.24) is 5.06 Å². The van der Waals surface area contributed by atoms with E-state index in [4.69, 9.17) is 0 Å². The summed E-state index contributed by atoms with van der Waals surface area (Å²) in [6.07, 6.45) is 0.550. The first-order valence-electron chi connectivity index (χ1n) is 5.66. The van der Waals surface area contributed by atoms with Crippen molar-refractivity contribution in [3.63, 3.8) is 0 Å². The molecular weight excluding hydrogens is 286 g/mol. The second-order valence-corrected chi connectivity index (χ2v) is 6.55. The highest BCUT2D eigenvalue weighted by atomic mass is 32.2. The van der Waals surface area contributed by atoms with E-state index >= 15 is 0 Å². The molecule has 1 aliphatic rings. The van der Waals surface area contributed by atoms with Crippen molar-refractivity contribution in [2.24, 2.45) is 0 Å². The Balaban J connectivity index is 2.07. The van der Waals surface area contributed by atoms with Crippen LogP contribution in [0, 0.1) is 0 Å². The zero-order valence-corrected chi connectivity index (χ0v) is 11.3. The predicted molar refractivity (Wildman–Crippen MR) is 67.4 cm³/mol. The van der Waals surface area contributed by atoms with E-state index in [0.717, 1.165) is 6.26 Å². The molecule has 0 spiro atoms. The maximum absolute atomic E-state index is 11.9. The molecule has 20 heavy (non-hydrogen) atoms. The quantitative estimate of drug-likeness (QED) is 0.735. The van der Waals surface area contributed by atoms with Gasteiger partial charge in [0.15, 0.2) is 0 Å². The monoisotopic (exact) mass is 297 g/mol. The largest absolute Gasteiger partial charge is 0.334 e. The van der Waals surface area contributed by atoms with Crippen molar-refractivity contribution in [2.75, 3.05) is 12.0 Å². The van der Waals surface area contributed by atoms with Gasteiger partial charge in [0, 0.05) is 6.26 Å². The maximum Gasteiger partial charge on any atom is 0.334 e. The zero-order chi connectivity index (χ0) is 14.9. The molecule has 2 rings (SSSR count). The van der Waals surface area contributed by atoms with Crippen LogP contribution >= 0.6 is 0 Å². The molecule has 1 aliphatic heterocycles. The van der Waals surface area contributed by atoms with Crippen LogP contribution in [-0.4, -0.2) is 43.3 Å².